The van der Waals surface area contributed by atoms with Gasteiger partial charge in [-0.15, -0.1) is 0 Å². The fourth-order valence-electron chi connectivity index (χ4n) is 2.43. The van der Waals surface area contributed by atoms with E-state index < -0.39 is 5.97 Å². The van der Waals surface area contributed by atoms with Crippen molar-refractivity contribution in [2.45, 2.75) is 13.0 Å². The molecule has 26 heavy (non-hydrogen) atoms. The second kappa shape index (κ2) is 8.15. The maximum atomic E-state index is 11.9. The number of amides is 1. The number of fused-ring (bicyclic) bond motifs is 1. The zero-order valence-corrected chi connectivity index (χ0v) is 14.2. The van der Waals surface area contributed by atoms with Gasteiger partial charge < -0.3 is 19.3 Å². The number of nitrogens with zero attached hydrogens (tertiary/aromatic N) is 1. The lowest BCUT2D eigenvalue weighted by atomic mass is 10.2. The molecule has 134 valence electrons. The number of benzene rings is 2. The predicted molar refractivity (Wildman–Crippen MR) is 93.5 cm³/mol. The zero-order chi connectivity index (χ0) is 18.4. The van der Waals surface area contributed by atoms with Crippen LogP contribution in [0.5, 0.6) is 5.75 Å². The Balaban J connectivity index is 1.46. The van der Waals surface area contributed by atoms with Gasteiger partial charge in [0.25, 0.3) is 5.91 Å². The Morgan fingerprint density at radius 2 is 2.00 bits per heavy atom. The highest BCUT2D eigenvalue weighted by Crippen LogP contribution is 2.18. The van der Waals surface area contributed by atoms with Crippen LogP contribution in [0.1, 0.15) is 11.3 Å². The van der Waals surface area contributed by atoms with Gasteiger partial charge in [0, 0.05) is 11.9 Å². The standard InChI is InChI=1S/C19H18N2O5/c1-24-14-6-4-5-13(9-14)11-20-18(22)12-25-19(23)10-16-15-7-2-3-8-17(15)26-21-16/h2-9H,10-12H2,1H3,(H,20,22). The van der Waals surface area contributed by atoms with Gasteiger partial charge in [-0.05, 0) is 29.8 Å². The van der Waals surface area contributed by atoms with E-state index in [1.165, 1.54) is 0 Å². The van der Waals surface area contributed by atoms with Crippen LogP contribution in [0.25, 0.3) is 11.0 Å². The molecule has 0 atom stereocenters. The number of aromatic nitrogens is 1. The molecule has 0 spiro atoms. The number of hydrogen-bond acceptors (Lipinski definition) is 6. The predicted octanol–water partition coefficient (Wildman–Crippen LogP) is 2.24. The Morgan fingerprint density at radius 3 is 2.85 bits per heavy atom. The Hall–Kier alpha value is -3.35. The molecule has 1 aromatic heterocycles. The zero-order valence-electron chi connectivity index (χ0n) is 14.2. The molecule has 1 N–H and O–H groups in total. The minimum absolute atomic E-state index is 0.0554. The molecule has 0 radical (unpaired) electrons. The number of esters is 1. The lowest BCUT2D eigenvalue weighted by molar-refractivity contribution is -0.148. The molecule has 0 fully saturated rings. The first-order valence-corrected chi connectivity index (χ1v) is 8.04. The van der Waals surface area contributed by atoms with E-state index in [2.05, 4.69) is 10.5 Å². The van der Waals surface area contributed by atoms with Gasteiger partial charge in [-0.2, -0.15) is 0 Å². The highest BCUT2D eigenvalue weighted by Gasteiger charge is 2.14. The summed E-state index contributed by atoms with van der Waals surface area (Å²) in [6.07, 6.45) is -0.0554. The molecular weight excluding hydrogens is 336 g/mol. The van der Waals surface area contributed by atoms with Crippen LogP contribution < -0.4 is 10.1 Å². The number of ether oxygens (including phenoxy) is 2. The molecule has 3 aromatic rings. The van der Waals surface area contributed by atoms with Crippen LogP contribution in [-0.4, -0.2) is 30.7 Å². The van der Waals surface area contributed by atoms with Crippen LogP contribution in [-0.2, 0) is 27.3 Å². The maximum absolute atomic E-state index is 11.9. The van der Waals surface area contributed by atoms with Gasteiger partial charge in [0.2, 0.25) is 0 Å². The summed E-state index contributed by atoms with van der Waals surface area (Å²) in [6, 6.07) is 14.6. The summed E-state index contributed by atoms with van der Waals surface area (Å²) in [7, 11) is 1.58. The highest BCUT2D eigenvalue weighted by atomic mass is 16.5. The maximum Gasteiger partial charge on any atom is 0.312 e. The van der Waals surface area contributed by atoms with Crippen molar-refractivity contribution in [1.29, 1.82) is 0 Å². The molecule has 0 bridgehead atoms. The monoisotopic (exact) mass is 354 g/mol. The van der Waals surface area contributed by atoms with Crippen LogP contribution in [0.3, 0.4) is 0 Å². The van der Waals surface area contributed by atoms with E-state index in [4.69, 9.17) is 14.0 Å². The van der Waals surface area contributed by atoms with Gasteiger partial charge in [-0.3, -0.25) is 9.59 Å². The summed E-state index contributed by atoms with van der Waals surface area (Å²) < 4.78 is 15.3. The average Bonchev–Trinajstić information content (AvgIpc) is 3.08. The average molecular weight is 354 g/mol. The lowest BCUT2D eigenvalue weighted by Gasteiger charge is -2.07. The van der Waals surface area contributed by atoms with Crippen molar-refractivity contribution >= 4 is 22.8 Å². The largest absolute Gasteiger partial charge is 0.497 e. The van der Waals surface area contributed by atoms with Crippen molar-refractivity contribution in [1.82, 2.24) is 10.5 Å². The van der Waals surface area contributed by atoms with E-state index >= 15 is 0 Å². The fraction of sp³-hybridized carbons (Fsp3) is 0.211. The fourth-order valence-corrected chi connectivity index (χ4v) is 2.43. The minimum atomic E-state index is -0.541. The molecule has 7 nitrogen and oxygen atoms in total. The van der Waals surface area contributed by atoms with E-state index in [9.17, 15) is 9.59 Å². The van der Waals surface area contributed by atoms with Crippen LogP contribution >= 0.6 is 0 Å². The second-order valence-electron chi connectivity index (χ2n) is 5.59. The van der Waals surface area contributed by atoms with Crippen LogP contribution in [0.4, 0.5) is 0 Å². The third-order valence-electron chi connectivity index (χ3n) is 3.75. The Labute approximate surface area is 149 Å². The number of carbonyl (C=O) groups excluding carboxylic acids is 2. The number of carbonyl (C=O) groups is 2. The third kappa shape index (κ3) is 4.38. The highest BCUT2D eigenvalue weighted by molar-refractivity contribution is 5.85. The van der Waals surface area contributed by atoms with E-state index in [1.54, 1.807) is 13.2 Å². The molecule has 0 aliphatic rings. The Bertz CT molecular complexity index is 919. The van der Waals surface area contributed by atoms with Gasteiger partial charge in [0.1, 0.15) is 11.4 Å². The number of hydrogen-bond donors (Lipinski definition) is 1. The first-order chi connectivity index (χ1) is 12.7. The topological polar surface area (TPSA) is 90.7 Å². The molecule has 0 unspecified atom stereocenters. The van der Waals surface area contributed by atoms with Crippen molar-refractivity contribution < 1.29 is 23.6 Å². The van der Waals surface area contributed by atoms with Gasteiger partial charge in [0.05, 0.1) is 13.5 Å². The molecule has 1 heterocycles. The quantitative estimate of drug-likeness (QED) is 0.655. The Morgan fingerprint density at radius 1 is 1.15 bits per heavy atom. The van der Waals surface area contributed by atoms with E-state index in [0.717, 1.165) is 10.9 Å². The van der Waals surface area contributed by atoms with E-state index in [0.29, 0.717) is 23.6 Å². The minimum Gasteiger partial charge on any atom is -0.497 e. The second-order valence-corrected chi connectivity index (χ2v) is 5.59. The first-order valence-electron chi connectivity index (χ1n) is 8.04. The number of para-hydroxylation sites is 1. The summed E-state index contributed by atoms with van der Waals surface area (Å²) in [5, 5.41) is 7.31. The van der Waals surface area contributed by atoms with Crippen molar-refractivity contribution in [3.8, 4) is 5.75 Å². The molecule has 1 amide bonds. The van der Waals surface area contributed by atoms with Gasteiger partial charge in [-0.1, -0.05) is 29.4 Å². The summed E-state index contributed by atoms with van der Waals surface area (Å²) in [4.78, 5) is 23.8. The smallest absolute Gasteiger partial charge is 0.312 e. The van der Waals surface area contributed by atoms with Crippen LogP contribution in [0.2, 0.25) is 0 Å². The number of methoxy groups -OCH3 is 1. The summed E-state index contributed by atoms with van der Waals surface area (Å²) >= 11 is 0. The van der Waals surface area contributed by atoms with E-state index in [1.807, 2.05) is 42.5 Å². The molecule has 7 heteroatoms. The normalized spacial score (nSPS) is 10.5. The van der Waals surface area contributed by atoms with Crippen LogP contribution in [0, 0.1) is 0 Å². The number of rotatable bonds is 7. The van der Waals surface area contributed by atoms with Crippen molar-refractivity contribution in [2.75, 3.05) is 13.7 Å². The molecule has 3 rings (SSSR count). The van der Waals surface area contributed by atoms with Crippen molar-refractivity contribution in [2.24, 2.45) is 0 Å². The summed E-state index contributed by atoms with van der Waals surface area (Å²) in [5.74, 6) is -0.213. The SMILES string of the molecule is COc1cccc(CNC(=O)COC(=O)Cc2noc3ccccc23)c1. The first kappa shape index (κ1) is 17.5. The van der Waals surface area contributed by atoms with Gasteiger partial charge >= 0.3 is 5.97 Å². The molecule has 0 saturated carbocycles. The molecule has 0 aliphatic carbocycles. The van der Waals surface area contributed by atoms with Gasteiger partial charge in [0.15, 0.2) is 12.2 Å². The lowest BCUT2D eigenvalue weighted by Crippen LogP contribution is -2.28. The molecular formula is C19H18N2O5. The van der Waals surface area contributed by atoms with Crippen molar-refractivity contribution in [3.05, 3.63) is 59.8 Å². The van der Waals surface area contributed by atoms with E-state index in [-0.39, 0.29) is 18.9 Å². The molecule has 0 aliphatic heterocycles. The number of nitrogens with one attached hydrogen (secondary N) is 1. The molecule has 0 saturated heterocycles. The van der Waals surface area contributed by atoms with Crippen LogP contribution in [0.15, 0.2) is 53.1 Å². The third-order valence-corrected chi connectivity index (χ3v) is 3.75. The molecule has 2 aromatic carbocycles. The Kier molecular flexibility index (Phi) is 5.48. The van der Waals surface area contributed by atoms with Gasteiger partial charge in [-0.25, -0.2) is 0 Å². The summed E-state index contributed by atoms with van der Waals surface area (Å²) in [6.45, 7) is -0.0277. The van der Waals surface area contributed by atoms with Crippen molar-refractivity contribution in [3.63, 3.8) is 0 Å². The summed E-state index contributed by atoms with van der Waals surface area (Å²) in [5.41, 5.74) is 1.98.